The summed E-state index contributed by atoms with van der Waals surface area (Å²) < 4.78 is 5.47. The summed E-state index contributed by atoms with van der Waals surface area (Å²) in [7, 11) is 0. The minimum atomic E-state index is 0.407. The Morgan fingerprint density at radius 2 is 1.94 bits per heavy atom. The van der Waals surface area contributed by atoms with E-state index in [1.807, 2.05) is 0 Å². The largest absolute Gasteiger partial charge is 0.381 e. The minimum absolute atomic E-state index is 0.407. The summed E-state index contributed by atoms with van der Waals surface area (Å²) in [5.74, 6) is 0. The Labute approximate surface area is 106 Å². The van der Waals surface area contributed by atoms with Gasteiger partial charge >= 0.3 is 0 Å². The van der Waals surface area contributed by atoms with Crippen molar-refractivity contribution >= 4 is 15.9 Å². The van der Waals surface area contributed by atoms with Gasteiger partial charge in [0.1, 0.15) is 0 Å². The maximum atomic E-state index is 5.47. The van der Waals surface area contributed by atoms with Gasteiger partial charge in [0.2, 0.25) is 0 Å². The van der Waals surface area contributed by atoms with Crippen LogP contribution in [0.4, 0.5) is 0 Å². The summed E-state index contributed by atoms with van der Waals surface area (Å²) in [5.41, 5.74) is 3.31. The van der Waals surface area contributed by atoms with Gasteiger partial charge in [-0.05, 0) is 42.7 Å². The van der Waals surface area contributed by atoms with Gasteiger partial charge in [-0.3, -0.25) is 0 Å². The Kier molecular flexibility index (Phi) is 4.04. The van der Waals surface area contributed by atoms with Gasteiger partial charge in [-0.1, -0.05) is 40.2 Å². The highest BCUT2D eigenvalue weighted by molar-refractivity contribution is 9.09. The molecule has 1 aliphatic heterocycles. The molecule has 2 heteroatoms. The van der Waals surface area contributed by atoms with Crippen molar-refractivity contribution in [2.24, 2.45) is 5.41 Å². The fraction of sp³-hybridized carbons (Fsp3) is 0.571. The molecule has 1 aromatic carbocycles. The molecular formula is C14H19BrO. The van der Waals surface area contributed by atoms with Crippen molar-refractivity contribution < 1.29 is 4.74 Å². The van der Waals surface area contributed by atoms with Gasteiger partial charge in [-0.15, -0.1) is 0 Å². The lowest BCUT2D eigenvalue weighted by molar-refractivity contribution is 0.0269. The Morgan fingerprint density at radius 3 is 2.56 bits per heavy atom. The van der Waals surface area contributed by atoms with Crippen LogP contribution in [0.25, 0.3) is 0 Å². The van der Waals surface area contributed by atoms with E-state index in [0.29, 0.717) is 5.41 Å². The van der Waals surface area contributed by atoms with Crippen molar-refractivity contribution in [3.8, 4) is 0 Å². The number of hydrogen-bond donors (Lipinski definition) is 0. The van der Waals surface area contributed by atoms with Gasteiger partial charge in [0.15, 0.2) is 0 Å². The van der Waals surface area contributed by atoms with Gasteiger partial charge in [0.25, 0.3) is 0 Å². The summed E-state index contributed by atoms with van der Waals surface area (Å²) in [4.78, 5) is 0. The highest BCUT2D eigenvalue weighted by Crippen LogP contribution is 2.36. The third-order valence-corrected chi connectivity index (χ3v) is 4.85. The molecule has 2 rings (SSSR count). The molecule has 0 saturated carbocycles. The SMILES string of the molecule is Cc1ccccc1CC1(CBr)CCOCC1. The van der Waals surface area contributed by atoms with Crippen LogP contribution in [-0.2, 0) is 11.2 Å². The monoisotopic (exact) mass is 282 g/mol. The number of alkyl halides is 1. The zero-order chi connectivity index (χ0) is 11.4. The molecule has 1 aliphatic rings. The maximum absolute atomic E-state index is 5.47. The predicted octanol–water partition coefficient (Wildman–Crippen LogP) is 3.73. The summed E-state index contributed by atoms with van der Waals surface area (Å²) in [6.07, 6.45) is 3.52. The normalized spacial score (nSPS) is 19.6. The maximum Gasteiger partial charge on any atom is 0.0471 e. The predicted molar refractivity (Wildman–Crippen MR) is 71.2 cm³/mol. The van der Waals surface area contributed by atoms with Gasteiger partial charge < -0.3 is 4.74 Å². The second-order valence-electron chi connectivity index (χ2n) is 4.85. The zero-order valence-corrected chi connectivity index (χ0v) is 11.4. The van der Waals surface area contributed by atoms with Gasteiger partial charge in [-0.25, -0.2) is 0 Å². The first kappa shape index (κ1) is 12.1. The molecule has 1 heterocycles. The quantitative estimate of drug-likeness (QED) is 0.768. The molecule has 0 atom stereocenters. The van der Waals surface area contributed by atoms with Crippen LogP contribution >= 0.6 is 15.9 Å². The van der Waals surface area contributed by atoms with Crippen LogP contribution in [0, 0.1) is 12.3 Å². The molecule has 88 valence electrons. The summed E-state index contributed by atoms with van der Waals surface area (Å²) in [6.45, 7) is 4.03. The number of aryl methyl sites for hydroxylation is 1. The molecule has 0 spiro atoms. The number of halogens is 1. The fourth-order valence-electron chi connectivity index (χ4n) is 2.37. The molecule has 0 radical (unpaired) electrons. The Bertz CT molecular complexity index is 342. The first-order chi connectivity index (χ1) is 7.76. The standard InChI is InChI=1S/C14H19BrO/c1-12-4-2-3-5-13(12)10-14(11-15)6-8-16-9-7-14/h2-5H,6-11H2,1H3. The van der Waals surface area contributed by atoms with Crippen molar-refractivity contribution in [2.45, 2.75) is 26.2 Å². The second-order valence-corrected chi connectivity index (χ2v) is 5.41. The first-order valence-corrected chi connectivity index (χ1v) is 7.06. The molecule has 1 saturated heterocycles. The van der Waals surface area contributed by atoms with Crippen molar-refractivity contribution in [2.75, 3.05) is 18.5 Å². The van der Waals surface area contributed by atoms with E-state index in [1.54, 1.807) is 0 Å². The second kappa shape index (κ2) is 5.33. The molecule has 0 amide bonds. The molecule has 0 aliphatic carbocycles. The van der Waals surface area contributed by atoms with E-state index in [2.05, 4.69) is 47.1 Å². The third-order valence-electron chi connectivity index (χ3n) is 3.66. The molecule has 1 fully saturated rings. The molecule has 1 aromatic rings. The highest BCUT2D eigenvalue weighted by atomic mass is 79.9. The van der Waals surface area contributed by atoms with Crippen LogP contribution in [0.1, 0.15) is 24.0 Å². The van der Waals surface area contributed by atoms with Crippen LogP contribution in [0.3, 0.4) is 0 Å². The van der Waals surface area contributed by atoms with Crippen LogP contribution in [0.15, 0.2) is 24.3 Å². The average Bonchev–Trinajstić information content (AvgIpc) is 2.33. The lowest BCUT2D eigenvalue weighted by Gasteiger charge is -2.36. The van der Waals surface area contributed by atoms with E-state index in [9.17, 15) is 0 Å². The van der Waals surface area contributed by atoms with Gasteiger partial charge in [-0.2, -0.15) is 0 Å². The third kappa shape index (κ3) is 2.67. The van der Waals surface area contributed by atoms with Crippen molar-refractivity contribution in [3.63, 3.8) is 0 Å². The minimum Gasteiger partial charge on any atom is -0.381 e. The molecule has 16 heavy (non-hydrogen) atoms. The lowest BCUT2D eigenvalue weighted by atomic mass is 9.76. The molecule has 1 nitrogen and oxygen atoms in total. The molecule has 0 unspecified atom stereocenters. The van der Waals surface area contributed by atoms with Crippen molar-refractivity contribution in [3.05, 3.63) is 35.4 Å². The van der Waals surface area contributed by atoms with E-state index in [1.165, 1.54) is 30.4 Å². The van der Waals surface area contributed by atoms with E-state index < -0.39 is 0 Å². The van der Waals surface area contributed by atoms with Gasteiger partial charge in [0, 0.05) is 18.5 Å². The van der Waals surface area contributed by atoms with E-state index in [4.69, 9.17) is 4.74 Å². The number of ether oxygens (including phenoxy) is 1. The topological polar surface area (TPSA) is 9.23 Å². The molecule has 0 aromatic heterocycles. The van der Waals surface area contributed by atoms with Gasteiger partial charge in [0.05, 0.1) is 0 Å². The first-order valence-electron chi connectivity index (χ1n) is 5.94. The summed E-state index contributed by atoms with van der Waals surface area (Å²) in [6, 6.07) is 8.72. The van der Waals surface area contributed by atoms with Crippen LogP contribution < -0.4 is 0 Å². The van der Waals surface area contributed by atoms with Crippen LogP contribution in [0.2, 0.25) is 0 Å². The van der Waals surface area contributed by atoms with E-state index in [0.717, 1.165) is 18.5 Å². The smallest absolute Gasteiger partial charge is 0.0471 e. The zero-order valence-electron chi connectivity index (χ0n) is 9.84. The van der Waals surface area contributed by atoms with Crippen molar-refractivity contribution in [1.29, 1.82) is 0 Å². The van der Waals surface area contributed by atoms with Crippen LogP contribution in [-0.4, -0.2) is 18.5 Å². The van der Waals surface area contributed by atoms with Crippen LogP contribution in [0.5, 0.6) is 0 Å². The fourth-order valence-corrected chi connectivity index (χ4v) is 3.13. The number of benzene rings is 1. The average molecular weight is 283 g/mol. The Morgan fingerprint density at radius 1 is 1.25 bits per heavy atom. The molecular weight excluding hydrogens is 264 g/mol. The summed E-state index contributed by atoms with van der Waals surface area (Å²) >= 11 is 3.69. The summed E-state index contributed by atoms with van der Waals surface area (Å²) in [5, 5.41) is 1.08. The number of hydrogen-bond acceptors (Lipinski definition) is 1. The van der Waals surface area contributed by atoms with E-state index in [-0.39, 0.29) is 0 Å². The lowest BCUT2D eigenvalue weighted by Crippen LogP contribution is -2.33. The molecule has 0 bridgehead atoms. The Balaban J connectivity index is 2.15. The molecule has 0 N–H and O–H groups in total. The van der Waals surface area contributed by atoms with Crippen molar-refractivity contribution in [1.82, 2.24) is 0 Å². The Hall–Kier alpha value is -0.340. The number of rotatable bonds is 3. The van der Waals surface area contributed by atoms with E-state index >= 15 is 0 Å². The highest BCUT2D eigenvalue weighted by Gasteiger charge is 2.31.